The minimum atomic E-state index is -1.94. The van der Waals surface area contributed by atoms with E-state index in [9.17, 15) is 34.5 Å². The first-order chi connectivity index (χ1) is 40.6. The summed E-state index contributed by atoms with van der Waals surface area (Å²) in [5.74, 6) is -3.35. The number of aliphatic hydroxyl groups is 2. The maximum Gasteiger partial charge on any atom is 0.335 e. The molecule has 0 aromatic rings. The van der Waals surface area contributed by atoms with Crippen LogP contribution in [0.25, 0.3) is 0 Å². The first-order valence-electron chi connectivity index (χ1n) is 31.1. The van der Waals surface area contributed by atoms with E-state index in [-0.39, 0.29) is 25.9 Å². The molecule has 1 aliphatic rings. The molecule has 12 heteroatoms. The summed E-state index contributed by atoms with van der Waals surface area (Å²) in [7, 11) is 0. The van der Waals surface area contributed by atoms with Crippen LogP contribution in [0.1, 0.15) is 201 Å². The smallest absolute Gasteiger partial charge is 0.335 e. The van der Waals surface area contributed by atoms with Crippen LogP contribution in [0.2, 0.25) is 0 Å². The monoisotopic (exact) mass is 1150 g/mol. The number of rotatable bonds is 50. The Morgan fingerprint density at radius 3 is 1.18 bits per heavy atom. The fraction of sp³-hybridized carbons (Fsp3) is 0.549. The van der Waals surface area contributed by atoms with Gasteiger partial charge in [-0.15, -0.1) is 0 Å². The summed E-state index contributed by atoms with van der Waals surface area (Å²) in [6.45, 7) is 5.54. The Bertz CT molecular complexity index is 2090. The van der Waals surface area contributed by atoms with Crippen LogP contribution in [0, 0.1) is 0 Å². The van der Waals surface area contributed by atoms with Crippen LogP contribution in [0.15, 0.2) is 170 Å². The van der Waals surface area contributed by atoms with Crippen molar-refractivity contribution in [2.45, 2.75) is 237 Å². The Hall–Kier alpha value is -5.92. The highest BCUT2D eigenvalue weighted by Gasteiger charge is 2.50. The Balaban J connectivity index is 2.78. The van der Waals surface area contributed by atoms with E-state index in [2.05, 4.69) is 167 Å². The summed E-state index contributed by atoms with van der Waals surface area (Å²) in [4.78, 5) is 51.2. The second-order valence-corrected chi connectivity index (χ2v) is 20.2. The van der Waals surface area contributed by atoms with Gasteiger partial charge < -0.3 is 39.0 Å². The number of aliphatic hydroxyl groups excluding tert-OH is 2. The third-order valence-electron chi connectivity index (χ3n) is 12.8. The molecule has 0 amide bonds. The van der Waals surface area contributed by atoms with Crippen LogP contribution >= 0.6 is 0 Å². The molecule has 0 saturated carbocycles. The number of esters is 3. The summed E-state index contributed by atoms with van der Waals surface area (Å²) < 4.78 is 28.3. The van der Waals surface area contributed by atoms with Crippen molar-refractivity contribution in [1.82, 2.24) is 0 Å². The van der Waals surface area contributed by atoms with Gasteiger partial charge in [0.05, 0.1) is 6.61 Å². The van der Waals surface area contributed by atoms with E-state index >= 15 is 0 Å². The molecule has 1 heterocycles. The number of hydrogen-bond donors (Lipinski definition) is 3. The largest absolute Gasteiger partial charge is 0.479 e. The van der Waals surface area contributed by atoms with Gasteiger partial charge in [-0.1, -0.05) is 223 Å². The van der Waals surface area contributed by atoms with E-state index in [4.69, 9.17) is 23.7 Å². The number of carboxylic acid groups (broad SMARTS) is 1. The Kier molecular flexibility index (Phi) is 51.2. The fourth-order valence-electron chi connectivity index (χ4n) is 8.15. The van der Waals surface area contributed by atoms with Crippen molar-refractivity contribution in [1.29, 1.82) is 0 Å². The molecule has 1 rings (SSSR count). The molecule has 0 radical (unpaired) electrons. The zero-order chi connectivity index (χ0) is 60.3. The predicted molar refractivity (Wildman–Crippen MR) is 339 cm³/mol. The van der Waals surface area contributed by atoms with E-state index < -0.39 is 67.3 Å². The minimum Gasteiger partial charge on any atom is -0.479 e. The number of carboxylic acids is 1. The minimum absolute atomic E-state index is 0.0365. The molecule has 1 aliphatic heterocycles. The molecule has 462 valence electrons. The van der Waals surface area contributed by atoms with Gasteiger partial charge in [-0.3, -0.25) is 14.4 Å². The van der Waals surface area contributed by atoms with E-state index in [0.717, 1.165) is 128 Å². The summed E-state index contributed by atoms with van der Waals surface area (Å²) in [5.41, 5.74) is 0. The van der Waals surface area contributed by atoms with Crippen molar-refractivity contribution in [3.05, 3.63) is 170 Å². The van der Waals surface area contributed by atoms with Crippen LogP contribution < -0.4 is 0 Å². The molecule has 6 unspecified atom stereocenters. The molecule has 0 bridgehead atoms. The maximum atomic E-state index is 13.2. The zero-order valence-corrected chi connectivity index (χ0v) is 50.9. The van der Waals surface area contributed by atoms with Crippen LogP contribution in [0.3, 0.4) is 0 Å². The van der Waals surface area contributed by atoms with Crippen molar-refractivity contribution < 1.29 is 58.2 Å². The lowest BCUT2D eigenvalue weighted by Crippen LogP contribution is -2.61. The SMILES string of the molecule is CC/C=C\C/C=C\C/C=C\C/C=C\C/C=C\C/C=C\CCC(=O)OCC(COC1OC(C(=O)O)C(O)C(O)C1OC(=O)CCC/C=C\C/C=C\C/C=C\C/C=C\C/C=C\CC)OC(=O)CCCCCCCCC/C=C\C/C=C\C/C=C\CC. The number of aliphatic carboxylic acids is 1. The van der Waals surface area contributed by atoms with Gasteiger partial charge in [0.2, 0.25) is 0 Å². The lowest BCUT2D eigenvalue weighted by molar-refractivity contribution is -0.301. The molecule has 12 nitrogen and oxygen atoms in total. The normalized spacial score (nSPS) is 18.8. The van der Waals surface area contributed by atoms with Crippen LogP contribution in [-0.4, -0.2) is 89.2 Å². The van der Waals surface area contributed by atoms with Gasteiger partial charge in [-0.2, -0.15) is 0 Å². The van der Waals surface area contributed by atoms with E-state index in [0.29, 0.717) is 32.1 Å². The van der Waals surface area contributed by atoms with Gasteiger partial charge in [0, 0.05) is 19.3 Å². The number of carbonyl (C=O) groups excluding carboxylic acids is 3. The topological polar surface area (TPSA) is 175 Å². The molecule has 1 saturated heterocycles. The van der Waals surface area contributed by atoms with Gasteiger partial charge in [0.1, 0.15) is 18.8 Å². The molecule has 83 heavy (non-hydrogen) atoms. The number of ether oxygens (including phenoxy) is 5. The molecule has 0 aliphatic carbocycles. The quantitative estimate of drug-likeness (QED) is 0.0228. The highest BCUT2D eigenvalue weighted by Crippen LogP contribution is 2.26. The van der Waals surface area contributed by atoms with Gasteiger partial charge >= 0.3 is 23.9 Å². The molecule has 0 aromatic heterocycles. The average molecular weight is 1150 g/mol. The number of unbranched alkanes of at least 4 members (excludes halogenated alkanes) is 8. The number of hydrogen-bond acceptors (Lipinski definition) is 11. The first-order valence-corrected chi connectivity index (χ1v) is 31.1. The van der Waals surface area contributed by atoms with Gasteiger partial charge in [-0.05, 0) is 128 Å². The summed E-state index contributed by atoms with van der Waals surface area (Å²) in [5, 5.41) is 31.5. The zero-order valence-electron chi connectivity index (χ0n) is 50.9. The highest BCUT2D eigenvalue weighted by molar-refractivity contribution is 5.74. The Morgan fingerprint density at radius 1 is 0.398 bits per heavy atom. The van der Waals surface area contributed by atoms with Crippen molar-refractivity contribution >= 4 is 23.9 Å². The van der Waals surface area contributed by atoms with Crippen molar-refractivity contribution in [3.63, 3.8) is 0 Å². The Labute approximate surface area is 500 Å². The lowest BCUT2D eigenvalue weighted by atomic mass is 9.98. The molecule has 0 aromatic carbocycles. The summed E-state index contributed by atoms with van der Waals surface area (Å²) in [6.07, 6.45) is 71.9. The standard InChI is InChI=1S/C71H106O12/c1-4-7-10-13-16-19-22-25-28-31-32-35-36-39-42-45-48-51-54-57-63(72)79-60-62(81-64(73)58-55-52-49-46-43-40-37-33-29-26-23-20-17-14-11-8-5-2)61-80-71-69(67(76)66(75)68(83-71)70(77)78)82-65(74)59-56-53-50-47-44-41-38-34-30-27-24-21-18-15-12-9-6-3/h7-12,16-21,25-30,32,35,38-39,41-42,47-48,50-51,62,66-69,71,75-76H,4-6,13-15,22-24,31,33-34,36-37,40,43-46,49,52-61H2,1-3H3,(H,77,78)/b10-7-,11-8-,12-9-,19-16-,20-17-,21-18-,28-25-,29-26-,30-27-,35-32-,41-38-,42-39-,50-47-,51-48-. The van der Waals surface area contributed by atoms with Gasteiger partial charge in [-0.25, -0.2) is 4.79 Å². The number of allylic oxidation sites excluding steroid dienone is 28. The van der Waals surface area contributed by atoms with Gasteiger partial charge in [0.25, 0.3) is 0 Å². The molecular formula is C71H106O12. The highest BCUT2D eigenvalue weighted by atomic mass is 16.7. The molecule has 1 fully saturated rings. The molecule has 3 N–H and O–H groups in total. The van der Waals surface area contributed by atoms with E-state index in [1.54, 1.807) is 0 Å². The summed E-state index contributed by atoms with van der Waals surface area (Å²) in [6, 6.07) is 0. The average Bonchev–Trinajstić information content (AvgIpc) is 3.59. The second-order valence-electron chi connectivity index (χ2n) is 20.2. The lowest BCUT2D eigenvalue weighted by Gasteiger charge is -2.40. The van der Waals surface area contributed by atoms with Crippen molar-refractivity contribution in [3.8, 4) is 0 Å². The van der Waals surface area contributed by atoms with E-state index in [1.807, 2.05) is 24.3 Å². The van der Waals surface area contributed by atoms with Crippen LogP contribution in [0.5, 0.6) is 0 Å². The predicted octanol–water partition coefficient (Wildman–Crippen LogP) is 16.7. The maximum absolute atomic E-state index is 13.2. The fourth-order valence-corrected chi connectivity index (χ4v) is 8.15. The molecule has 6 atom stereocenters. The van der Waals surface area contributed by atoms with Crippen LogP contribution in [0.4, 0.5) is 0 Å². The van der Waals surface area contributed by atoms with E-state index in [1.165, 1.54) is 0 Å². The summed E-state index contributed by atoms with van der Waals surface area (Å²) >= 11 is 0. The van der Waals surface area contributed by atoms with Gasteiger partial charge in [0.15, 0.2) is 24.6 Å². The third kappa shape index (κ3) is 46.2. The Morgan fingerprint density at radius 2 is 0.759 bits per heavy atom. The van der Waals surface area contributed by atoms with Crippen molar-refractivity contribution in [2.75, 3.05) is 13.2 Å². The molecule has 0 spiro atoms. The third-order valence-corrected chi connectivity index (χ3v) is 12.8. The van der Waals surface area contributed by atoms with Crippen molar-refractivity contribution in [2.24, 2.45) is 0 Å². The van der Waals surface area contributed by atoms with Crippen LogP contribution in [-0.2, 0) is 42.9 Å². The second kappa shape index (κ2) is 56.6. The molecular weight excluding hydrogens is 1040 g/mol. The number of carbonyl (C=O) groups is 4. The first kappa shape index (κ1) is 75.1.